The van der Waals surface area contributed by atoms with Gasteiger partial charge in [0, 0.05) is 24.2 Å². The third kappa shape index (κ3) is 2.79. The molecule has 0 bridgehead atoms. The first-order valence-electron chi connectivity index (χ1n) is 6.01. The highest BCUT2D eigenvalue weighted by Gasteiger charge is 2.19. The van der Waals surface area contributed by atoms with Gasteiger partial charge in [0.15, 0.2) is 17.4 Å². The average molecular weight is 281 g/mol. The molecule has 0 saturated carbocycles. The fourth-order valence-corrected chi connectivity index (χ4v) is 1.80. The van der Waals surface area contributed by atoms with E-state index in [1.165, 1.54) is 17.4 Å². The standard InChI is InChI=1S/C14H13F2NO3/c1-2-17(7-9-3-4-20-8-9)14(19)10-5-11(15)13(18)12(16)6-10/h3-6,8,18H,2,7H2,1H3. The van der Waals surface area contributed by atoms with Gasteiger partial charge in [0.2, 0.25) is 0 Å². The fraction of sp³-hybridized carbons (Fsp3) is 0.214. The lowest BCUT2D eigenvalue weighted by atomic mass is 10.1. The van der Waals surface area contributed by atoms with Gasteiger partial charge in [-0.3, -0.25) is 4.79 Å². The summed E-state index contributed by atoms with van der Waals surface area (Å²) in [5, 5.41) is 9.03. The average Bonchev–Trinajstić information content (AvgIpc) is 2.93. The van der Waals surface area contributed by atoms with Crippen molar-refractivity contribution in [3.8, 4) is 5.75 Å². The van der Waals surface area contributed by atoms with Gasteiger partial charge in [-0.05, 0) is 25.1 Å². The summed E-state index contributed by atoms with van der Waals surface area (Å²) in [6, 6.07) is 3.34. The number of amides is 1. The summed E-state index contributed by atoms with van der Waals surface area (Å²) in [4.78, 5) is 13.6. The highest BCUT2D eigenvalue weighted by molar-refractivity contribution is 5.94. The van der Waals surface area contributed by atoms with Crippen LogP contribution in [0.15, 0.2) is 35.1 Å². The number of hydrogen-bond donors (Lipinski definition) is 1. The van der Waals surface area contributed by atoms with Crippen molar-refractivity contribution < 1.29 is 23.1 Å². The minimum absolute atomic E-state index is 0.150. The van der Waals surface area contributed by atoms with E-state index < -0.39 is 23.3 Å². The molecule has 2 rings (SSSR count). The Labute approximate surface area is 114 Å². The number of carbonyl (C=O) groups is 1. The van der Waals surface area contributed by atoms with Crippen molar-refractivity contribution in [2.24, 2.45) is 0 Å². The van der Waals surface area contributed by atoms with Crippen LogP contribution in [0.2, 0.25) is 0 Å². The van der Waals surface area contributed by atoms with Crippen molar-refractivity contribution in [2.75, 3.05) is 6.54 Å². The first-order chi connectivity index (χ1) is 9.52. The van der Waals surface area contributed by atoms with Crippen LogP contribution in [-0.2, 0) is 6.54 Å². The smallest absolute Gasteiger partial charge is 0.254 e. The van der Waals surface area contributed by atoms with Gasteiger partial charge in [0.05, 0.1) is 12.5 Å². The Bertz CT molecular complexity index is 588. The highest BCUT2D eigenvalue weighted by atomic mass is 19.1. The van der Waals surface area contributed by atoms with Crippen LogP contribution in [0.1, 0.15) is 22.8 Å². The number of rotatable bonds is 4. The molecule has 6 heteroatoms. The summed E-state index contributed by atoms with van der Waals surface area (Å²) in [7, 11) is 0. The second-order valence-electron chi connectivity index (χ2n) is 4.24. The summed E-state index contributed by atoms with van der Waals surface area (Å²) in [5.74, 6) is -3.92. The molecule has 0 fully saturated rings. The number of hydrogen-bond acceptors (Lipinski definition) is 3. The van der Waals surface area contributed by atoms with E-state index in [9.17, 15) is 13.6 Å². The van der Waals surface area contributed by atoms with Crippen LogP contribution in [0.3, 0.4) is 0 Å². The molecule has 1 N–H and O–H groups in total. The minimum Gasteiger partial charge on any atom is -0.503 e. The summed E-state index contributed by atoms with van der Waals surface area (Å²) in [6.45, 7) is 2.40. The maximum atomic E-state index is 13.3. The minimum atomic E-state index is -1.16. The van der Waals surface area contributed by atoms with Gasteiger partial charge in [-0.1, -0.05) is 0 Å². The van der Waals surface area contributed by atoms with Gasteiger partial charge in [0.25, 0.3) is 5.91 Å². The molecule has 0 unspecified atom stereocenters. The molecule has 0 saturated heterocycles. The van der Waals surface area contributed by atoms with Gasteiger partial charge >= 0.3 is 0 Å². The van der Waals surface area contributed by atoms with Crippen LogP contribution < -0.4 is 0 Å². The maximum Gasteiger partial charge on any atom is 0.254 e. The first kappa shape index (κ1) is 14.0. The SMILES string of the molecule is CCN(Cc1ccoc1)C(=O)c1cc(F)c(O)c(F)c1. The van der Waals surface area contributed by atoms with Crippen LogP contribution in [0, 0.1) is 11.6 Å². The Morgan fingerprint density at radius 3 is 2.50 bits per heavy atom. The van der Waals surface area contributed by atoms with Crippen molar-refractivity contribution in [1.82, 2.24) is 4.90 Å². The van der Waals surface area contributed by atoms with E-state index >= 15 is 0 Å². The van der Waals surface area contributed by atoms with Gasteiger partial charge < -0.3 is 14.4 Å². The van der Waals surface area contributed by atoms with Crippen LogP contribution in [0.5, 0.6) is 5.75 Å². The molecule has 0 aliphatic heterocycles. The topological polar surface area (TPSA) is 53.7 Å². The van der Waals surface area contributed by atoms with Gasteiger partial charge in [-0.15, -0.1) is 0 Å². The largest absolute Gasteiger partial charge is 0.503 e. The molecule has 0 aliphatic rings. The second kappa shape index (κ2) is 5.73. The predicted molar refractivity (Wildman–Crippen MR) is 67.1 cm³/mol. The molecule has 106 valence electrons. The van der Waals surface area contributed by atoms with Crippen LogP contribution in [0.25, 0.3) is 0 Å². The molecule has 0 spiro atoms. The lowest BCUT2D eigenvalue weighted by molar-refractivity contribution is 0.0751. The van der Waals surface area contributed by atoms with E-state index in [0.717, 1.165) is 17.7 Å². The number of halogens is 2. The molecule has 4 nitrogen and oxygen atoms in total. The molecule has 1 aromatic carbocycles. The number of carbonyl (C=O) groups excluding carboxylic acids is 1. The zero-order chi connectivity index (χ0) is 14.7. The van der Waals surface area contributed by atoms with Crippen LogP contribution in [0.4, 0.5) is 8.78 Å². The summed E-state index contributed by atoms with van der Waals surface area (Å²) >= 11 is 0. The fourth-order valence-electron chi connectivity index (χ4n) is 1.80. The molecule has 20 heavy (non-hydrogen) atoms. The highest BCUT2D eigenvalue weighted by Crippen LogP contribution is 2.22. The van der Waals surface area contributed by atoms with Gasteiger partial charge in [-0.25, -0.2) is 8.78 Å². The van der Waals surface area contributed by atoms with Crippen molar-refractivity contribution >= 4 is 5.91 Å². The number of nitrogens with zero attached hydrogens (tertiary/aromatic N) is 1. The Morgan fingerprint density at radius 1 is 1.35 bits per heavy atom. The molecule has 0 atom stereocenters. The van der Waals surface area contributed by atoms with E-state index in [2.05, 4.69) is 0 Å². The zero-order valence-electron chi connectivity index (χ0n) is 10.8. The van der Waals surface area contributed by atoms with E-state index in [1.54, 1.807) is 13.0 Å². The van der Waals surface area contributed by atoms with Gasteiger partial charge in [-0.2, -0.15) is 0 Å². The molecule has 0 radical (unpaired) electrons. The third-order valence-electron chi connectivity index (χ3n) is 2.89. The lowest BCUT2D eigenvalue weighted by Crippen LogP contribution is -2.30. The Kier molecular flexibility index (Phi) is 4.02. The Hall–Kier alpha value is -2.37. The third-order valence-corrected chi connectivity index (χ3v) is 2.89. The van der Waals surface area contributed by atoms with E-state index in [-0.39, 0.29) is 12.1 Å². The normalized spacial score (nSPS) is 10.6. The van der Waals surface area contributed by atoms with Crippen molar-refractivity contribution in [1.29, 1.82) is 0 Å². The molecule has 0 aliphatic carbocycles. The van der Waals surface area contributed by atoms with Crippen molar-refractivity contribution in [3.63, 3.8) is 0 Å². The predicted octanol–water partition coefficient (Wildman–Crippen LogP) is 2.93. The molecule has 1 heterocycles. The van der Waals surface area contributed by atoms with E-state index in [4.69, 9.17) is 9.52 Å². The summed E-state index contributed by atoms with van der Waals surface area (Å²) in [6.07, 6.45) is 2.97. The number of benzene rings is 1. The van der Waals surface area contributed by atoms with Crippen LogP contribution in [-0.4, -0.2) is 22.5 Å². The first-order valence-corrected chi connectivity index (χ1v) is 6.01. The van der Waals surface area contributed by atoms with Crippen molar-refractivity contribution in [3.05, 3.63) is 53.5 Å². The zero-order valence-corrected chi connectivity index (χ0v) is 10.8. The molecular weight excluding hydrogens is 268 g/mol. The monoisotopic (exact) mass is 281 g/mol. The van der Waals surface area contributed by atoms with Crippen molar-refractivity contribution in [2.45, 2.75) is 13.5 Å². The summed E-state index contributed by atoms with van der Waals surface area (Å²) < 4.78 is 31.4. The lowest BCUT2D eigenvalue weighted by Gasteiger charge is -2.20. The van der Waals surface area contributed by atoms with E-state index in [1.807, 2.05) is 0 Å². The van der Waals surface area contributed by atoms with Gasteiger partial charge in [0.1, 0.15) is 0 Å². The Balaban J connectivity index is 2.24. The number of aromatic hydroxyl groups is 1. The Morgan fingerprint density at radius 2 is 2.00 bits per heavy atom. The number of phenolic OH excluding ortho intramolecular Hbond substituents is 1. The molecular formula is C14H13F2NO3. The molecule has 1 amide bonds. The quantitative estimate of drug-likeness (QED) is 0.937. The van der Waals surface area contributed by atoms with Crippen LogP contribution >= 0.6 is 0 Å². The number of furan rings is 1. The number of phenols is 1. The van der Waals surface area contributed by atoms with E-state index in [0.29, 0.717) is 6.54 Å². The molecule has 2 aromatic rings. The second-order valence-corrected chi connectivity index (χ2v) is 4.24. The maximum absolute atomic E-state index is 13.3. The summed E-state index contributed by atoms with van der Waals surface area (Å²) in [5.41, 5.74) is 0.628. The molecule has 1 aromatic heterocycles.